The quantitative estimate of drug-likeness (QED) is 0.758. The molecule has 0 bridgehead atoms. The summed E-state index contributed by atoms with van der Waals surface area (Å²) in [4.78, 5) is 12.7. The fourth-order valence-electron chi connectivity index (χ4n) is 6.82. The van der Waals surface area contributed by atoms with Gasteiger partial charge in [0.2, 0.25) is 0 Å². The molecule has 3 aliphatic rings. The van der Waals surface area contributed by atoms with Crippen molar-refractivity contribution in [1.82, 2.24) is 0 Å². The smallest absolute Gasteiger partial charge is 0.169 e. The lowest BCUT2D eigenvalue weighted by atomic mass is 9.40. The maximum atomic E-state index is 12.7. The standard InChI is InChI=1S/C20H28O5/c1-18-7-14(23)17(24)19(2,10-21)15(18)5-6-20(11-22)13-9-25-8-12(13)3-4-16(18)20/h8-9,14-16,21-23H,3-7,10-11H2,1-2H3. The third-order valence-corrected chi connectivity index (χ3v) is 8.00. The van der Waals surface area contributed by atoms with Crippen molar-refractivity contribution >= 4 is 5.78 Å². The Bertz CT molecular complexity index is 696. The van der Waals surface area contributed by atoms with Gasteiger partial charge in [-0.15, -0.1) is 0 Å². The number of aliphatic hydroxyl groups is 3. The summed E-state index contributed by atoms with van der Waals surface area (Å²) in [5.41, 5.74) is 0.682. The van der Waals surface area contributed by atoms with Crippen molar-refractivity contribution in [1.29, 1.82) is 0 Å². The zero-order valence-corrected chi connectivity index (χ0v) is 15.0. The molecule has 2 saturated carbocycles. The molecule has 0 amide bonds. The van der Waals surface area contributed by atoms with Crippen LogP contribution in [-0.2, 0) is 16.6 Å². The second-order valence-electron chi connectivity index (χ2n) is 8.97. The minimum absolute atomic E-state index is 0.0130. The van der Waals surface area contributed by atoms with Gasteiger partial charge in [-0.3, -0.25) is 4.79 Å². The van der Waals surface area contributed by atoms with Crippen LogP contribution in [0.5, 0.6) is 0 Å². The topological polar surface area (TPSA) is 90.9 Å². The molecule has 0 aliphatic heterocycles. The van der Waals surface area contributed by atoms with E-state index in [1.807, 2.05) is 0 Å². The van der Waals surface area contributed by atoms with E-state index >= 15 is 0 Å². The summed E-state index contributed by atoms with van der Waals surface area (Å²) in [6.45, 7) is 3.77. The van der Waals surface area contributed by atoms with Gasteiger partial charge < -0.3 is 19.7 Å². The first-order valence-electron chi connectivity index (χ1n) is 9.33. The highest BCUT2D eigenvalue weighted by Crippen LogP contribution is 2.66. The molecule has 1 heterocycles. The SMILES string of the molecule is CC1(CO)C(=O)C(O)CC2(C)C1CCC1(CO)c3cocc3CCC12. The number of aliphatic hydroxyl groups excluding tert-OH is 3. The summed E-state index contributed by atoms with van der Waals surface area (Å²) in [5, 5.41) is 31.0. The summed E-state index contributed by atoms with van der Waals surface area (Å²) >= 11 is 0. The summed E-state index contributed by atoms with van der Waals surface area (Å²) in [6.07, 6.45) is 6.26. The number of hydrogen-bond acceptors (Lipinski definition) is 5. The average Bonchev–Trinajstić information content (AvgIpc) is 3.09. The van der Waals surface area contributed by atoms with Crippen LogP contribution in [0.3, 0.4) is 0 Å². The van der Waals surface area contributed by atoms with E-state index in [4.69, 9.17) is 4.42 Å². The number of fused-ring (bicyclic) bond motifs is 5. The van der Waals surface area contributed by atoms with E-state index in [-0.39, 0.29) is 41.7 Å². The van der Waals surface area contributed by atoms with Crippen LogP contribution in [0.4, 0.5) is 0 Å². The largest absolute Gasteiger partial charge is 0.472 e. The molecule has 5 heteroatoms. The van der Waals surface area contributed by atoms with Gasteiger partial charge in [0.05, 0.1) is 31.2 Å². The van der Waals surface area contributed by atoms with E-state index in [1.54, 1.807) is 19.5 Å². The molecular formula is C20H28O5. The maximum absolute atomic E-state index is 12.7. The van der Waals surface area contributed by atoms with Crippen LogP contribution >= 0.6 is 0 Å². The minimum Gasteiger partial charge on any atom is -0.472 e. The second kappa shape index (κ2) is 5.41. The Morgan fingerprint density at radius 1 is 1.16 bits per heavy atom. The van der Waals surface area contributed by atoms with Crippen molar-refractivity contribution < 1.29 is 24.5 Å². The van der Waals surface area contributed by atoms with Crippen LogP contribution in [0.25, 0.3) is 0 Å². The highest BCUT2D eigenvalue weighted by atomic mass is 16.3. The van der Waals surface area contributed by atoms with E-state index in [0.29, 0.717) is 6.42 Å². The Morgan fingerprint density at radius 3 is 2.60 bits per heavy atom. The lowest BCUT2D eigenvalue weighted by molar-refractivity contribution is -0.183. The molecule has 0 radical (unpaired) electrons. The molecule has 3 N–H and O–H groups in total. The van der Waals surface area contributed by atoms with Crippen molar-refractivity contribution in [3.8, 4) is 0 Å². The predicted octanol–water partition coefficient (Wildman–Crippen LogP) is 1.82. The van der Waals surface area contributed by atoms with Gasteiger partial charge in [-0.05, 0) is 54.9 Å². The number of Topliss-reactive ketones (excluding diaryl/α,β-unsaturated/α-hetero) is 1. The molecule has 3 aliphatic carbocycles. The van der Waals surface area contributed by atoms with Crippen LogP contribution in [0.1, 0.15) is 50.7 Å². The van der Waals surface area contributed by atoms with Crippen molar-refractivity contribution in [2.24, 2.45) is 22.7 Å². The minimum atomic E-state index is -1.04. The van der Waals surface area contributed by atoms with Crippen LogP contribution in [0.15, 0.2) is 16.9 Å². The van der Waals surface area contributed by atoms with E-state index < -0.39 is 11.5 Å². The van der Waals surface area contributed by atoms with Gasteiger partial charge in [0, 0.05) is 11.0 Å². The number of hydrogen-bond donors (Lipinski definition) is 3. The van der Waals surface area contributed by atoms with Gasteiger partial charge >= 0.3 is 0 Å². The zero-order chi connectivity index (χ0) is 18.0. The third-order valence-electron chi connectivity index (χ3n) is 8.00. The van der Waals surface area contributed by atoms with Gasteiger partial charge in [-0.25, -0.2) is 0 Å². The molecule has 1 aromatic rings. The fourth-order valence-corrected chi connectivity index (χ4v) is 6.82. The highest BCUT2D eigenvalue weighted by molar-refractivity contribution is 5.90. The first-order valence-corrected chi connectivity index (χ1v) is 9.33. The van der Waals surface area contributed by atoms with Crippen molar-refractivity contribution in [3.05, 3.63) is 23.7 Å². The molecule has 138 valence electrons. The van der Waals surface area contributed by atoms with Crippen LogP contribution in [0.2, 0.25) is 0 Å². The Morgan fingerprint density at radius 2 is 1.92 bits per heavy atom. The Kier molecular flexibility index (Phi) is 3.74. The van der Waals surface area contributed by atoms with Crippen molar-refractivity contribution in [2.75, 3.05) is 13.2 Å². The third kappa shape index (κ3) is 1.97. The van der Waals surface area contributed by atoms with Crippen LogP contribution in [-0.4, -0.2) is 40.4 Å². The number of rotatable bonds is 2. The summed E-state index contributed by atoms with van der Waals surface area (Å²) < 4.78 is 5.46. The Hall–Kier alpha value is -1.17. The normalized spacial score (nSPS) is 46.3. The zero-order valence-electron chi connectivity index (χ0n) is 15.0. The van der Waals surface area contributed by atoms with Gasteiger partial charge in [0.15, 0.2) is 5.78 Å². The van der Waals surface area contributed by atoms with Gasteiger partial charge in [-0.1, -0.05) is 13.8 Å². The van der Waals surface area contributed by atoms with E-state index in [0.717, 1.165) is 31.2 Å². The van der Waals surface area contributed by atoms with E-state index in [9.17, 15) is 20.1 Å². The Labute approximate surface area is 148 Å². The molecule has 4 rings (SSSR count). The highest BCUT2D eigenvalue weighted by Gasteiger charge is 2.65. The molecule has 2 fully saturated rings. The lowest BCUT2D eigenvalue weighted by Crippen LogP contribution is -2.65. The number of carbonyl (C=O) groups excluding carboxylic acids is 1. The summed E-state index contributed by atoms with van der Waals surface area (Å²) in [5.74, 6) is -0.0599. The molecule has 0 spiro atoms. The van der Waals surface area contributed by atoms with Gasteiger partial charge in [-0.2, -0.15) is 0 Å². The lowest BCUT2D eigenvalue weighted by Gasteiger charge is -2.64. The Balaban J connectivity index is 1.85. The molecule has 0 saturated heterocycles. The van der Waals surface area contributed by atoms with Crippen LogP contribution < -0.4 is 0 Å². The van der Waals surface area contributed by atoms with E-state index in [1.165, 1.54) is 5.56 Å². The number of ketones is 1. The van der Waals surface area contributed by atoms with Crippen molar-refractivity contribution in [3.63, 3.8) is 0 Å². The molecular weight excluding hydrogens is 320 g/mol. The number of furan rings is 1. The fraction of sp³-hybridized carbons (Fsp3) is 0.750. The average molecular weight is 348 g/mol. The molecule has 5 nitrogen and oxygen atoms in total. The maximum Gasteiger partial charge on any atom is 0.169 e. The number of aryl methyl sites for hydroxylation is 1. The molecule has 1 aromatic heterocycles. The van der Waals surface area contributed by atoms with Gasteiger partial charge in [0.25, 0.3) is 0 Å². The summed E-state index contributed by atoms with van der Waals surface area (Å²) in [7, 11) is 0. The molecule has 0 aromatic carbocycles. The number of carbonyl (C=O) groups is 1. The van der Waals surface area contributed by atoms with E-state index in [2.05, 4.69) is 6.92 Å². The predicted molar refractivity (Wildman–Crippen MR) is 90.9 cm³/mol. The molecule has 6 unspecified atom stereocenters. The van der Waals surface area contributed by atoms with Crippen LogP contribution in [0, 0.1) is 22.7 Å². The first-order chi connectivity index (χ1) is 11.8. The first kappa shape index (κ1) is 17.3. The monoisotopic (exact) mass is 348 g/mol. The molecule has 6 atom stereocenters. The summed E-state index contributed by atoms with van der Waals surface area (Å²) in [6, 6.07) is 0. The van der Waals surface area contributed by atoms with Gasteiger partial charge in [0.1, 0.15) is 6.10 Å². The second-order valence-corrected chi connectivity index (χ2v) is 8.97. The molecule has 25 heavy (non-hydrogen) atoms. The van der Waals surface area contributed by atoms with Crippen molar-refractivity contribution in [2.45, 2.75) is 57.5 Å².